The summed E-state index contributed by atoms with van der Waals surface area (Å²) in [6, 6.07) is 9.53. The zero-order chi connectivity index (χ0) is 16.2. The molecule has 0 fully saturated rings. The molecule has 5 nitrogen and oxygen atoms in total. The van der Waals surface area contributed by atoms with Gasteiger partial charge < -0.3 is 10.6 Å². The highest BCUT2D eigenvalue weighted by Crippen LogP contribution is 2.37. The van der Waals surface area contributed by atoms with Crippen LogP contribution in [0.2, 0.25) is 0 Å². The third-order valence-corrected chi connectivity index (χ3v) is 5.29. The number of thiophene rings is 1. The first-order valence-electron chi connectivity index (χ1n) is 7.48. The van der Waals surface area contributed by atoms with E-state index in [1.807, 2.05) is 30.3 Å². The van der Waals surface area contributed by atoms with E-state index in [-0.39, 0.29) is 11.2 Å². The van der Waals surface area contributed by atoms with Crippen LogP contribution in [0, 0.1) is 0 Å². The molecule has 1 aromatic carbocycles. The van der Waals surface area contributed by atoms with Gasteiger partial charge in [0.1, 0.15) is 4.83 Å². The molecule has 0 atom stereocenters. The molecule has 0 unspecified atom stereocenters. The number of hydrogen-bond acceptors (Lipinski definition) is 5. The molecule has 0 radical (unpaired) electrons. The molecule has 2 N–H and O–H groups in total. The number of ether oxygens (including phenoxy) is 1. The highest BCUT2D eigenvalue weighted by molar-refractivity contribution is 7.18. The fraction of sp³-hybridized carbons (Fsp3) is 0.294. The van der Waals surface area contributed by atoms with Crippen LogP contribution in [0.25, 0.3) is 21.6 Å². The number of fused-ring (bicyclic) bond motifs is 3. The van der Waals surface area contributed by atoms with E-state index in [1.54, 1.807) is 11.3 Å². The third kappa shape index (κ3) is 2.26. The first kappa shape index (κ1) is 14.4. The Bertz CT molecular complexity index is 957. The van der Waals surface area contributed by atoms with Crippen molar-refractivity contribution in [3.8, 4) is 11.4 Å². The summed E-state index contributed by atoms with van der Waals surface area (Å²) in [4.78, 5) is 19.3. The lowest BCUT2D eigenvalue weighted by Gasteiger charge is -2.29. The Hall–Kier alpha value is -2.18. The molecule has 1 aliphatic heterocycles. The predicted molar refractivity (Wildman–Crippen MR) is 92.0 cm³/mol. The average Bonchev–Trinajstić information content (AvgIpc) is 2.87. The molecule has 1 aliphatic rings. The minimum absolute atomic E-state index is 0.210. The molecule has 6 heteroatoms. The molecular weight excluding hydrogens is 310 g/mol. The van der Waals surface area contributed by atoms with Gasteiger partial charge in [-0.25, -0.2) is 9.66 Å². The van der Waals surface area contributed by atoms with Gasteiger partial charge in [0.05, 0.1) is 17.6 Å². The summed E-state index contributed by atoms with van der Waals surface area (Å²) in [6.45, 7) is 4.55. The molecule has 3 heterocycles. The van der Waals surface area contributed by atoms with Gasteiger partial charge in [-0.15, -0.1) is 11.3 Å². The van der Waals surface area contributed by atoms with Crippen LogP contribution >= 0.6 is 11.3 Å². The second-order valence-electron chi connectivity index (χ2n) is 6.39. The SMILES string of the molecule is CC1(C)Cc2sc3nc(-c4ccccc4)n(N)c(=O)c3c2CO1. The van der Waals surface area contributed by atoms with Gasteiger partial charge in [-0.1, -0.05) is 30.3 Å². The van der Waals surface area contributed by atoms with Crippen molar-refractivity contribution in [1.29, 1.82) is 0 Å². The Morgan fingerprint density at radius 1 is 1.30 bits per heavy atom. The molecule has 3 aromatic rings. The fourth-order valence-corrected chi connectivity index (χ4v) is 4.34. The first-order valence-corrected chi connectivity index (χ1v) is 8.30. The topological polar surface area (TPSA) is 70.1 Å². The number of aromatic nitrogens is 2. The van der Waals surface area contributed by atoms with Gasteiger partial charge in [0.2, 0.25) is 0 Å². The fourth-order valence-electron chi connectivity index (χ4n) is 2.96. The van der Waals surface area contributed by atoms with Gasteiger partial charge in [0, 0.05) is 22.4 Å². The summed E-state index contributed by atoms with van der Waals surface area (Å²) >= 11 is 1.57. The molecule has 23 heavy (non-hydrogen) atoms. The zero-order valence-corrected chi connectivity index (χ0v) is 13.8. The van der Waals surface area contributed by atoms with E-state index >= 15 is 0 Å². The predicted octanol–water partition coefficient (Wildman–Crippen LogP) is 2.69. The number of nitrogens with zero attached hydrogens (tertiary/aromatic N) is 2. The Kier molecular flexibility index (Phi) is 3.08. The number of rotatable bonds is 1. The summed E-state index contributed by atoms with van der Waals surface area (Å²) in [7, 11) is 0. The standard InChI is InChI=1S/C17H17N3O2S/c1-17(2)8-12-11(9-22-17)13-15(23-12)19-14(20(18)16(13)21)10-6-4-3-5-7-10/h3-7H,8-9,18H2,1-2H3. The highest BCUT2D eigenvalue weighted by Gasteiger charge is 2.31. The molecule has 118 valence electrons. The van der Waals surface area contributed by atoms with E-state index in [0.717, 1.165) is 27.1 Å². The normalized spacial score (nSPS) is 16.4. The van der Waals surface area contributed by atoms with Crippen molar-refractivity contribution >= 4 is 21.6 Å². The van der Waals surface area contributed by atoms with Crippen LogP contribution in [0.5, 0.6) is 0 Å². The van der Waals surface area contributed by atoms with Crippen LogP contribution < -0.4 is 11.4 Å². The second kappa shape index (κ2) is 4.91. The van der Waals surface area contributed by atoms with Crippen LogP contribution in [-0.4, -0.2) is 15.3 Å². The summed E-state index contributed by atoms with van der Waals surface area (Å²) in [5.74, 6) is 6.52. The van der Waals surface area contributed by atoms with E-state index in [2.05, 4.69) is 18.8 Å². The number of nitrogen functional groups attached to an aromatic ring is 1. The maximum atomic E-state index is 12.8. The molecule has 2 aromatic heterocycles. The Morgan fingerprint density at radius 3 is 2.78 bits per heavy atom. The van der Waals surface area contributed by atoms with Crippen LogP contribution in [0.4, 0.5) is 0 Å². The van der Waals surface area contributed by atoms with E-state index in [1.165, 1.54) is 4.88 Å². The lowest BCUT2D eigenvalue weighted by Crippen LogP contribution is -2.33. The summed E-state index contributed by atoms with van der Waals surface area (Å²) < 4.78 is 7.00. The monoisotopic (exact) mass is 327 g/mol. The highest BCUT2D eigenvalue weighted by atomic mass is 32.1. The van der Waals surface area contributed by atoms with Crippen LogP contribution in [0.3, 0.4) is 0 Å². The van der Waals surface area contributed by atoms with E-state index < -0.39 is 0 Å². The maximum absolute atomic E-state index is 12.8. The first-order chi connectivity index (χ1) is 11.0. The molecule has 0 saturated carbocycles. The Morgan fingerprint density at radius 2 is 2.04 bits per heavy atom. The molecule has 0 saturated heterocycles. The van der Waals surface area contributed by atoms with Crippen molar-refractivity contribution in [1.82, 2.24) is 9.66 Å². The van der Waals surface area contributed by atoms with Crippen LogP contribution in [0.1, 0.15) is 24.3 Å². The molecular formula is C17H17N3O2S. The van der Waals surface area contributed by atoms with E-state index in [9.17, 15) is 4.79 Å². The van der Waals surface area contributed by atoms with E-state index in [0.29, 0.717) is 17.8 Å². The van der Waals surface area contributed by atoms with Crippen LogP contribution in [-0.2, 0) is 17.8 Å². The lowest BCUT2D eigenvalue weighted by atomic mass is 9.98. The van der Waals surface area contributed by atoms with E-state index in [4.69, 9.17) is 10.6 Å². The lowest BCUT2D eigenvalue weighted by molar-refractivity contribution is -0.0382. The number of hydrogen-bond donors (Lipinski definition) is 1. The van der Waals surface area contributed by atoms with Crippen LogP contribution in [0.15, 0.2) is 35.1 Å². The summed E-state index contributed by atoms with van der Waals surface area (Å²) in [5, 5.41) is 0.600. The van der Waals surface area contributed by atoms with Crippen molar-refractivity contribution in [2.24, 2.45) is 0 Å². The quantitative estimate of drug-likeness (QED) is 0.698. The van der Waals surface area contributed by atoms with Gasteiger partial charge in [0.15, 0.2) is 5.82 Å². The Labute approximate surface area is 137 Å². The van der Waals surface area contributed by atoms with Gasteiger partial charge in [0.25, 0.3) is 5.56 Å². The number of benzene rings is 1. The second-order valence-corrected chi connectivity index (χ2v) is 7.47. The van der Waals surface area contributed by atoms with Gasteiger partial charge in [-0.2, -0.15) is 0 Å². The largest absolute Gasteiger partial charge is 0.370 e. The van der Waals surface area contributed by atoms with Gasteiger partial charge >= 0.3 is 0 Å². The van der Waals surface area contributed by atoms with Crippen molar-refractivity contribution in [3.05, 3.63) is 51.1 Å². The molecule has 0 bridgehead atoms. The zero-order valence-electron chi connectivity index (χ0n) is 13.0. The average molecular weight is 327 g/mol. The summed E-state index contributed by atoms with van der Waals surface area (Å²) in [6.07, 6.45) is 0.786. The summed E-state index contributed by atoms with van der Waals surface area (Å²) in [5.41, 5.74) is 1.35. The van der Waals surface area contributed by atoms with Gasteiger partial charge in [-0.05, 0) is 13.8 Å². The molecule has 4 rings (SSSR count). The molecule has 0 amide bonds. The van der Waals surface area contributed by atoms with Crippen molar-refractivity contribution in [2.45, 2.75) is 32.5 Å². The Balaban J connectivity index is 1.98. The number of nitrogens with two attached hydrogens (primary N) is 1. The molecule has 0 aliphatic carbocycles. The van der Waals surface area contributed by atoms with Crippen molar-refractivity contribution < 1.29 is 4.74 Å². The maximum Gasteiger partial charge on any atom is 0.281 e. The minimum atomic E-state index is -0.213. The van der Waals surface area contributed by atoms with Crippen molar-refractivity contribution in [3.63, 3.8) is 0 Å². The van der Waals surface area contributed by atoms with Gasteiger partial charge in [-0.3, -0.25) is 4.79 Å². The molecule has 0 spiro atoms. The third-order valence-electron chi connectivity index (χ3n) is 4.17. The van der Waals surface area contributed by atoms with Crippen molar-refractivity contribution in [2.75, 3.05) is 5.84 Å². The minimum Gasteiger partial charge on any atom is -0.370 e. The smallest absolute Gasteiger partial charge is 0.281 e.